The normalized spacial score (nSPS) is 24.0. The molecule has 0 aliphatic heterocycles. The Morgan fingerprint density at radius 3 is 2.74 bits per heavy atom. The molecule has 2 N–H and O–H groups in total. The summed E-state index contributed by atoms with van der Waals surface area (Å²) in [6, 6.07) is 0. The van der Waals surface area contributed by atoms with Crippen LogP contribution in [-0.2, 0) is 9.53 Å². The molecule has 4 nitrogen and oxygen atoms in total. The van der Waals surface area contributed by atoms with Crippen LogP contribution in [0.5, 0.6) is 0 Å². The maximum Gasteiger partial charge on any atom is 0.340 e. The van der Waals surface area contributed by atoms with Crippen LogP contribution in [0, 0.1) is 0 Å². The highest BCUT2D eigenvalue weighted by Crippen LogP contribution is 2.27. The predicted molar refractivity (Wildman–Crippen MR) is 74.1 cm³/mol. The Labute approximate surface area is 114 Å². The van der Waals surface area contributed by atoms with Crippen molar-refractivity contribution < 1.29 is 19.7 Å². The molecule has 1 aliphatic carbocycles. The molecule has 2 atom stereocenters. The van der Waals surface area contributed by atoms with E-state index in [1.165, 1.54) is 31.1 Å². The fraction of sp³-hybridized carbons (Fsp3) is 0.667. The van der Waals surface area contributed by atoms with E-state index in [2.05, 4.69) is 6.92 Å². The molecule has 0 spiro atoms. The molecule has 0 amide bonds. The Hall–Kier alpha value is -1.29. The number of allylic oxidation sites excluding steroid dienone is 1. The highest BCUT2D eigenvalue weighted by atomic mass is 16.5. The summed E-state index contributed by atoms with van der Waals surface area (Å²) in [6.45, 7) is 4.06. The van der Waals surface area contributed by atoms with Crippen molar-refractivity contribution in [1.29, 1.82) is 0 Å². The Morgan fingerprint density at radius 1 is 1.47 bits per heavy atom. The molecular weight excluding hydrogens is 244 g/mol. The molecule has 0 aromatic rings. The summed E-state index contributed by atoms with van der Waals surface area (Å²) in [6.07, 6.45) is 9.83. The second kappa shape index (κ2) is 7.34. The molecule has 0 saturated carbocycles. The average molecular weight is 268 g/mol. The monoisotopic (exact) mass is 268 g/mol. The maximum atomic E-state index is 11.4. The van der Waals surface area contributed by atoms with Gasteiger partial charge in [-0.15, -0.1) is 0 Å². The Balaban J connectivity index is 2.51. The minimum absolute atomic E-state index is 0.0936. The van der Waals surface area contributed by atoms with Crippen molar-refractivity contribution in [3.8, 4) is 0 Å². The molecule has 0 saturated heterocycles. The van der Waals surface area contributed by atoms with Gasteiger partial charge in [-0.05, 0) is 31.6 Å². The van der Waals surface area contributed by atoms with Crippen molar-refractivity contribution in [2.75, 3.05) is 0 Å². The molecule has 19 heavy (non-hydrogen) atoms. The summed E-state index contributed by atoms with van der Waals surface area (Å²) in [7, 11) is 0. The number of carbonyl (C=O) groups is 1. The zero-order valence-corrected chi connectivity index (χ0v) is 11.8. The third-order valence-corrected chi connectivity index (χ3v) is 3.38. The molecule has 0 aromatic heterocycles. The predicted octanol–water partition coefficient (Wildman–Crippen LogP) is 3.59. The molecule has 1 rings (SSSR count). The van der Waals surface area contributed by atoms with Gasteiger partial charge in [0.1, 0.15) is 5.76 Å². The first-order chi connectivity index (χ1) is 9.00. The lowest BCUT2D eigenvalue weighted by atomic mass is 9.94. The van der Waals surface area contributed by atoms with Gasteiger partial charge in [0.2, 0.25) is 0 Å². The second-order valence-corrected chi connectivity index (χ2v) is 5.14. The summed E-state index contributed by atoms with van der Waals surface area (Å²) >= 11 is 0. The molecule has 0 heterocycles. The SMILES string of the molecule is CCCCCCC(C)OC1(C(=O)O)C=CC(O)=CC1. The zero-order chi connectivity index (χ0) is 14.3. The summed E-state index contributed by atoms with van der Waals surface area (Å²) in [5, 5.41) is 18.6. The molecule has 0 radical (unpaired) electrons. The minimum atomic E-state index is -1.32. The standard InChI is InChI=1S/C15H24O4/c1-3-4-5-6-7-12(2)19-15(14(17)18)10-8-13(16)9-11-15/h8-10,12,16H,3-7,11H2,1-2H3,(H,17,18). The fourth-order valence-corrected chi connectivity index (χ4v) is 2.19. The molecule has 2 unspecified atom stereocenters. The minimum Gasteiger partial charge on any atom is -0.508 e. The van der Waals surface area contributed by atoms with E-state index < -0.39 is 11.6 Å². The molecule has 1 aliphatic rings. The largest absolute Gasteiger partial charge is 0.508 e. The van der Waals surface area contributed by atoms with Crippen molar-refractivity contribution in [2.24, 2.45) is 0 Å². The average Bonchev–Trinajstić information content (AvgIpc) is 2.37. The maximum absolute atomic E-state index is 11.4. The van der Waals surface area contributed by atoms with Crippen LogP contribution in [0.2, 0.25) is 0 Å². The van der Waals surface area contributed by atoms with E-state index in [-0.39, 0.29) is 18.3 Å². The van der Waals surface area contributed by atoms with Gasteiger partial charge in [-0.25, -0.2) is 4.79 Å². The van der Waals surface area contributed by atoms with Crippen LogP contribution in [0.4, 0.5) is 0 Å². The summed E-state index contributed by atoms with van der Waals surface area (Å²) in [4.78, 5) is 11.4. The lowest BCUT2D eigenvalue weighted by molar-refractivity contribution is -0.165. The van der Waals surface area contributed by atoms with Crippen molar-refractivity contribution >= 4 is 5.97 Å². The number of carboxylic acids is 1. The zero-order valence-electron chi connectivity index (χ0n) is 11.8. The van der Waals surface area contributed by atoms with Crippen molar-refractivity contribution in [1.82, 2.24) is 0 Å². The first-order valence-electron chi connectivity index (χ1n) is 7.00. The van der Waals surface area contributed by atoms with Crippen LogP contribution in [0.3, 0.4) is 0 Å². The molecular formula is C15H24O4. The quantitative estimate of drug-likeness (QED) is 0.660. The van der Waals surface area contributed by atoms with E-state index in [0.717, 1.165) is 19.3 Å². The number of aliphatic hydroxyl groups excluding tert-OH is 1. The third kappa shape index (κ3) is 4.71. The summed E-state index contributed by atoms with van der Waals surface area (Å²) < 4.78 is 5.73. The van der Waals surface area contributed by atoms with E-state index in [0.29, 0.717) is 0 Å². The van der Waals surface area contributed by atoms with Crippen LogP contribution in [-0.4, -0.2) is 27.9 Å². The third-order valence-electron chi connectivity index (χ3n) is 3.38. The van der Waals surface area contributed by atoms with E-state index >= 15 is 0 Å². The smallest absolute Gasteiger partial charge is 0.340 e. The first-order valence-corrected chi connectivity index (χ1v) is 7.00. The lowest BCUT2D eigenvalue weighted by Crippen LogP contribution is -2.42. The van der Waals surface area contributed by atoms with Gasteiger partial charge in [-0.1, -0.05) is 32.6 Å². The second-order valence-electron chi connectivity index (χ2n) is 5.14. The number of unbranched alkanes of at least 4 members (excludes halogenated alkanes) is 3. The van der Waals surface area contributed by atoms with Crippen molar-refractivity contribution in [3.05, 3.63) is 24.0 Å². The van der Waals surface area contributed by atoms with Crippen molar-refractivity contribution in [2.45, 2.75) is 64.1 Å². The number of aliphatic carboxylic acids is 1. The number of aliphatic hydroxyl groups is 1. The Morgan fingerprint density at radius 2 is 2.21 bits per heavy atom. The van der Waals surface area contributed by atoms with E-state index in [9.17, 15) is 15.0 Å². The molecule has 4 heteroatoms. The lowest BCUT2D eigenvalue weighted by Gasteiger charge is -2.30. The number of hydrogen-bond donors (Lipinski definition) is 2. The van der Waals surface area contributed by atoms with Gasteiger partial charge in [-0.3, -0.25) is 0 Å². The van der Waals surface area contributed by atoms with E-state index in [1.54, 1.807) is 0 Å². The van der Waals surface area contributed by atoms with E-state index in [4.69, 9.17) is 4.74 Å². The van der Waals surface area contributed by atoms with Crippen LogP contribution in [0.25, 0.3) is 0 Å². The van der Waals surface area contributed by atoms with Crippen LogP contribution >= 0.6 is 0 Å². The van der Waals surface area contributed by atoms with Crippen LogP contribution in [0.15, 0.2) is 24.0 Å². The molecule has 108 valence electrons. The number of hydrogen-bond acceptors (Lipinski definition) is 3. The van der Waals surface area contributed by atoms with Gasteiger partial charge in [0.25, 0.3) is 0 Å². The van der Waals surface area contributed by atoms with Gasteiger partial charge >= 0.3 is 5.97 Å². The van der Waals surface area contributed by atoms with Crippen LogP contribution < -0.4 is 0 Å². The highest BCUT2D eigenvalue weighted by molar-refractivity contribution is 5.81. The number of ether oxygens (including phenoxy) is 1. The first kappa shape index (κ1) is 15.8. The van der Waals surface area contributed by atoms with Crippen LogP contribution in [0.1, 0.15) is 52.4 Å². The topological polar surface area (TPSA) is 66.8 Å². The number of rotatable bonds is 8. The van der Waals surface area contributed by atoms with Crippen molar-refractivity contribution in [3.63, 3.8) is 0 Å². The highest BCUT2D eigenvalue weighted by Gasteiger charge is 2.39. The Kier molecular flexibility index (Phi) is 6.09. The van der Waals surface area contributed by atoms with Gasteiger partial charge in [0.15, 0.2) is 5.60 Å². The molecule has 0 fully saturated rings. The van der Waals surface area contributed by atoms with E-state index in [1.807, 2.05) is 6.92 Å². The fourth-order valence-electron chi connectivity index (χ4n) is 2.19. The van der Waals surface area contributed by atoms with Gasteiger partial charge in [-0.2, -0.15) is 0 Å². The van der Waals surface area contributed by atoms with Gasteiger partial charge < -0.3 is 14.9 Å². The molecule has 0 bridgehead atoms. The number of carboxylic acid groups (broad SMARTS) is 1. The van der Waals surface area contributed by atoms with Gasteiger partial charge in [0.05, 0.1) is 6.10 Å². The summed E-state index contributed by atoms with van der Waals surface area (Å²) in [5.74, 6) is -0.913. The molecule has 0 aromatic carbocycles. The Bertz CT molecular complexity index is 359. The summed E-state index contributed by atoms with van der Waals surface area (Å²) in [5.41, 5.74) is -1.32. The van der Waals surface area contributed by atoms with Gasteiger partial charge in [0, 0.05) is 6.42 Å².